The Bertz CT molecular complexity index is 487. The van der Waals surface area contributed by atoms with Crippen LogP contribution in [0.2, 0.25) is 5.02 Å². The van der Waals surface area contributed by atoms with Crippen molar-refractivity contribution in [1.82, 2.24) is 14.8 Å². The SMILES string of the molecule is CCCNc1cc(-n2cc(Cl)c(C)n2)ccn1. The average molecular weight is 251 g/mol. The molecule has 2 heterocycles. The van der Waals surface area contributed by atoms with E-state index in [2.05, 4.69) is 22.3 Å². The molecule has 2 aromatic rings. The molecule has 0 aliphatic rings. The molecule has 0 spiro atoms. The van der Waals surface area contributed by atoms with Gasteiger partial charge in [-0.25, -0.2) is 9.67 Å². The molecule has 0 aliphatic carbocycles. The molecule has 0 atom stereocenters. The molecule has 2 aromatic heterocycles. The monoisotopic (exact) mass is 250 g/mol. The number of rotatable bonds is 4. The minimum atomic E-state index is 0.671. The third-order valence-electron chi connectivity index (χ3n) is 2.40. The smallest absolute Gasteiger partial charge is 0.128 e. The van der Waals surface area contributed by atoms with E-state index in [4.69, 9.17) is 11.6 Å². The van der Waals surface area contributed by atoms with Crippen LogP contribution in [0.15, 0.2) is 24.5 Å². The number of aromatic nitrogens is 3. The molecule has 0 saturated heterocycles. The molecule has 0 radical (unpaired) electrons. The van der Waals surface area contributed by atoms with Crippen LogP contribution in [0.4, 0.5) is 5.82 Å². The van der Waals surface area contributed by atoms with Crippen molar-refractivity contribution >= 4 is 17.4 Å². The zero-order valence-corrected chi connectivity index (χ0v) is 10.7. The van der Waals surface area contributed by atoms with E-state index in [1.54, 1.807) is 17.1 Å². The first-order valence-corrected chi connectivity index (χ1v) is 6.00. The highest BCUT2D eigenvalue weighted by Gasteiger charge is 2.04. The van der Waals surface area contributed by atoms with E-state index < -0.39 is 0 Å². The number of hydrogen-bond donors (Lipinski definition) is 1. The molecule has 90 valence electrons. The number of halogens is 1. The average Bonchev–Trinajstić information content (AvgIpc) is 2.68. The molecule has 2 rings (SSSR count). The lowest BCUT2D eigenvalue weighted by atomic mass is 10.4. The van der Waals surface area contributed by atoms with Crippen LogP contribution in [0.3, 0.4) is 0 Å². The molecule has 0 unspecified atom stereocenters. The highest BCUT2D eigenvalue weighted by atomic mass is 35.5. The zero-order valence-electron chi connectivity index (χ0n) is 9.94. The third kappa shape index (κ3) is 2.77. The van der Waals surface area contributed by atoms with E-state index in [1.807, 2.05) is 19.1 Å². The molecular formula is C12H15ClN4. The highest BCUT2D eigenvalue weighted by Crippen LogP contribution is 2.17. The van der Waals surface area contributed by atoms with Crippen LogP contribution in [0.25, 0.3) is 5.69 Å². The van der Waals surface area contributed by atoms with Crippen LogP contribution < -0.4 is 5.32 Å². The summed E-state index contributed by atoms with van der Waals surface area (Å²) in [4.78, 5) is 4.25. The topological polar surface area (TPSA) is 42.7 Å². The van der Waals surface area contributed by atoms with Gasteiger partial charge in [0.05, 0.1) is 16.4 Å². The molecule has 0 aromatic carbocycles. The summed E-state index contributed by atoms with van der Waals surface area (Å²) in [6, 6.07) is 3.86. The first kappa shape index (κ1) is 11.9. The van der Waals surface area contributed by atoms with Crippen LogP contribution >= 0.6 is 11.6 Å². The van der Waals surface area contributed by atoms with Crippen molar-refractivity contribution < 1.29 is 0 Å². The highest BCUT2D eigenvalue weighted by molar-refractivity contribution is 6.31. The van der Waals surface area contributed by atoms with Gasteiger partial charge in [0.2, 0.25) is 0 Å². The van der Waals surface area contributed by atoms with Gasteiger partial charge >= 0.3 is 0 Å². The second-order valence-electron chi connectivity index (χ2n) is 3.83. The van der Waals surface area contributed by atoms with E-state index in [0.29, 0.717) is 5.02 Å². The molecule has 0 fully saturated rings. The Morgan fingerprint density at radius 1 is 1.47 bits per heavy atom. The second-order valence-corrected chi connectivity index (χ2v) is 4.24. The van der Waals surface area contributed by atoms with Crippen molar-refractivity contribution in [3.05, 3.63) is 35.2 Å². The van der Waals surface area contributed by atoms with E-state index in [1.165, 1.54) is 0 Å². The Morgan fingerprint density at radius 3 is 2.94 bits per heavy atom. The van der Waals surface area contributed by atoms with Gasteiger partial charge in [0, 0.05) is 25.0 Å². The summed E-state index contributed by atoms with van der Waals surface area (Å²) in [5.74, 6) is 0.855. The molecule has 0 saturated carbocycles. The normalized spacial score (nSPS) is 10.5. The maximum atomic E-state index is 5.99. The number of pyridine rings is 1. The van der Waals surface area contributed by atoms with Gasteiger partial charge in [-0.15, -0.1) is 0 Å². The van der Waals surface area contributed by atoms with Gasteiger partial charge in [0.25, 0.3) is 0 Å². The minimum absolute atomic E-state index is 0.671. The zero-order chi connectivity index (χ0) is 12.3. The predicted octanol–water partition coefficient (Wildman–Crippen LogP) is 3.05. The first-order valence-electron chi connectivity index (χ1n) is 5.62. The molecule has 5 heteroatoms. The fourth-order valence-electron chi connectivity index (χ4n) is 1.48. The van der Waals surface area contributed by atoms with Crippen LogP contribution in [-0.4, -0.2) is 21.3 Å². The largest absolute Gasteiger partial charge is 0.370 e. The van der Waals surface area contributed by atoms with Gasteiger partial charge in [-0.1, -0.05) is 18.5 Å². The van der Waals surface area contributed by atoms with Gasteiger partial charge in [-0.2, -0.15) is 5.10 Å². The van der Waals surface area contributed by atoms with Crippen LogP contribution in [0.1, 0.15) is 19.0 Å². The second kappa shape index (κ2) is 5.19. The van der Waals surface area contributed by atoms with Crippen molar-refractivity contribution in [3.8, 4) is 5.69 Å². The fraction of sp³-hybridized carbons (Fsp3) is 0.333. The summed E-state index contributed by atoms with van der Waals surface area (Å²) in [6.45, 7) is 4.92. The van der Waals surface area contributed by atoms with Crippen LogP contribution in [-0.2, 0) is 0 Å². The number of hydrogen-bond acceptors (Lipinski definition) is 3. The van der Waals surface area contributed by atoms with Gasteiger partial charge in [0.15, 0.2) is 0 Å². The molecular weight excluding hydrogens is 236 g/mol. The van der Waals surface area contributed by atoms with Crippen LogP contribution in [0, 0.1) is 6.92 Å². The molecule has 0 bridgehead atoms. The Balaban J connectivity index is 2.26. The predicted molar refractivity (Wildman–Crippen MR) is 69.9 cm³/mol. The lowest BCUT2D eigenvalue weighted by molar-refractivity contribution is 0.859. The van der Waals surface area contributed by atoms with E-state index in [0.717, 1.165) is 30.2 Å². The summed E-state index contributed by atoms with van der Waals surface area (Å²) in [6.07, 6.45) is 4.63. The van der Waals surface area contributed by atoms with Gasteiger partial charge in [-0.05, 0) is 19.4 Å². The van der Waals surface area contributed by atoms with Crippen LogP contribution in [0.5, 0.6) is 0 Å². The number of aryl methyl sites for hydroxylation is 1. The van der Waals surface area contributed by atoms with E-state index in [9.17, 15) is 0 Å². The summed E-state index contributed by atoms with van der Waals surface area (Å²) in [7, 11) is 0. The lowest BCUT2D eigenvalue weighted by Crippen LogP contribution is -2.03. The Labute approximate surface area is 106 Å². The maximum absolute atomic E-state index is 5.99. The summed E-state index contributed by atoms with van der Waals surface area (Å²) in [5.41, 5.74) is 1.78. The molecule has 0 aliphatic heterocycles. The molecule has 4 nitrogen and oxygen atoms in total. The minimum Gasteiger partial charge on any atom is -0.370 e. The Hall–Kier alpha value is -1.55. The standard InChI is InChI=1S/C12H15ClN4/c1-3-5-14-12-7-10(4-6-15-12)17-8-11(13)9(2)16-17/h4,6-8H,3,5H2,1-2H3,(H,14,15). The first-order chi connectivity index (χ1) is 8.20. The van der Waals surface area contributed by atoms with Crippen molar-refractivity contribution in [2.24, 2.45) is 0 Å². The van der Waals surface area contributed by atoms with Crippen molar-refractivity contribution in [2.75, 3.05) is 11.9 Å². The Morgan fingerprint density at radius 2 is 2.29 bits per heavy atom. The van der Waals surface area contributed by atoms with Gasteiger partial charge in [0.1, 0.15) is 5.82 Å². The van der Waals surface area contributed by atoms with Gasteiger partial charge < -0.3 is 5.32 Å². The summed E-state index contributed by atoms with van der Waals surface area (Å²) in [5, 5.41) is 8.24. The lowest BCUT2D eigenvalue weighted by Gasteiger charge is -2.06. The van der Waals surface area contributed by atoms with E-state index >= 15 is 0 Å². The number of nitrogens with zero attached hydrogens (tertiary/aromatic N) is 3. The third-order valence-corrected chi connectivity index (χ3v) is 2.77. The summed E-state index contributed by atoms with van der Waals surface area (Å²) >= 11 is 5.99. The van der Waals surface area contributed by atoms with Crippen molar-refractivity contribution in [1.29, 1.82) is 0 Å². The maximum Gasteiger partial charge on any atom is 0.128 e. The number of anilines is 1. The van der Waals surface area contributed by atoms with Crippen molar-refractivity contribution in [2.45, 2.75) is 20.3 Å². The Kier molecular flexibility index (Phi) is 3.64. The molecule has 1 N–H and O–H groups in total. The van der Waals surface area contributed by atoms with Gasteiger partial charge in [-0.3, -0.25) is 0 Å². The molecule has 0 amide bonds. The summed E-state index contributed by atoms with van der Waals surface area (Å²) < 4.78 is 1.76. The molecule has 17 heavy (non-hydrogen) atoms. The van der Waals surface area contributed by atoms with Crippen molar-refractivity contribution in [3.63, 3.8) is 0 Å². The van der Waals surface area contributed by atoms with E-state index in [-0.39, 0.29) is 0 Å². The quantitative estimate of drug-likeness (QED) is 0.907. The fourth-order valence-corrected chi connectivity index (χ4v) is 1.61. The number of nitrogens with one attached hydrogen (secondary N) is 1.